The van der Waals surface area contributed by atoms with Crippen LogP contribution in [0.3, 0.4) is 0 Å². The maximum absolute atomic E-state index is 12.0. The molecule has 1 aromatic rings. The quantitative estimate of drug-likeness (QED) is 0.759. The number of amides is 1. The second kappa shape index (κ2) is 10.6. The summed E-state index contributed by atoms with van der Waals surface area (Å²) in [5, 5.41) is 6.02. The lowest BCUT2D eigenvalue weighted by molar-refractivity contribution is -0.176. The zero-order valence-electron chi connectivity index (χ0n) is 13.6. The molecule has 1 amide bonds. The van der Waals surface area contributed by atoms with Crippen LogP contribution in [0.1, 0.15) is 17.5 Å². The van der Waals surface area contributed by atoms with Crippen molar-refractivity contribution in [2.75, 3.05) is 26.4 Å². The molecule has 0 aromatic heterocycles. The molecule has 2 N–H and O–H groups in total. The van der Waals surface area contributed by atoms with Gasteiger partial charge in [0, 0.05) is 25.6 Å². The third kappa shape index (κ3) is 9.06. The summed E-state index contributed by atoms with van der Waals surface area (Å²) in [6, 6.07) is 6.93. The lowest BCUT2D eigenvalue weighted by Gasteiger charge is -2.23. The minimum absolute atomic E-state index is 0. The first-order valence-corrected chi connectivity index (χ1v) is 7.72. The second-order valence-electron chi connectivity index (χ2n) is 5.63. The fourth-order valence-corrected chi connectivity index (χ4v) is 2.29. The van der Waals surface area contributed by atoms with E-state index < -0.39 is 12.8 Å². The number of benzene rings is 1. The number of carbonyl (C=O) groups excluding carboxylic acids is 1. The summed E-state index contributed by atoms with van der Waals surface area (Å²) in [5.41, 5.74) is 1.52. The Labute approximate surface area is 150 Å². The van der Waals surface area contributed by atoms with E-state index in [-0.39, 0.29) is 31.0 Å². The van der Waals surface area contributed by atoms with Crippen LogP contribution < -0.4 is 10.6 Å². The van der Waals surface area contributed by atoms with E-state index in [1.807, 2.05) is 0 Å². The molecular weight excluding hydrogens is 361 g/mol. The van der Waals surface area contributed by atoms with Crippen molar-refractivity contribution in [3.05, 3.63) is 35.4 Å². The SMILES string of the molecule is Cl.O=C(CC1COCCN1)NCc1ccc(COCC(F)(F)F)cc1. The van der Waals surface area contributed by atoms with E-state index in [2.05, 4.69) is 15.4 Å². The molecule has 1 fully saturated rings. The highest BCUT2D eigenvalue weighted by atomic mass is 35.5. The van der Waals surface area contributed by atoms with Gasteiger partial charge < -0.3 is 20.1 Å². The van der Waals surface area contributed by atoms with Crippen LogP contribution in [0.2, 0.25) is 0 Å². The van der Waals surface area contributed by atoms with E-state index in [9.17, 15) is 18.0 Å². The molecule has 1 unspecified atom stereocenters. The molecule has 2 rings (SSSR count). The molecule has 1 saturated heterocycles. The fraction of sp³-hybridized carbons (Fsp3) is 0.562. The van der Waals surface area contributed by atoms with E-state index in [1.54, 1.807) is 24.3 Å². The van der Waals surface area contributed by atoms with Gasteiger partial charge in [-0.2, -0.15) is 13.2 Å². The summed E-state index contributed by atoms with van der Waals surface area (Å²) in [6.45, 7) is 0.951. The highest BCUT2D eigenvalue weighted by Crippen LogP contribution is 2.15. The molecule has 0 spiro atoms. The van der Waals surface area contributed by atoms with Gasteiger partial charge in [-0.25, -0.2) is 0 Å². The minimum Gasteiger partial charge on any atom is -0.378 e. The summed E-state index contributed by atoms with van der Waals surface area (Å²) < 4.78 is 45.8. The molecule has 0 saturated carbocycles. The largest absolute Gasteiger partial charge is 0.411 e. The average molecular weight is 383 g/mol. The first-order valence-electron chi connectivity index (χ1n) is 7.72. The van der Waals surface area contributed by atoms with Gasteiger partial charge in [0.05, 0.1) is 19.8 Å². The Balaban J connectivity index is 0.00000312. The zero-order chi connectivity index (χ0) is 17.4. The van der Waals surface area contributed by atoms with E-state index in [0.29, 0.717) is 31.7 Å². The Morgan fingerprint density at radius 1 is 1.28 bits per heavy atom. The number of carbonyl (C=O) groups is 1. The molecule has 0 aliphatic carbocycles. The molecule has 1 aliphatic rings. The highest BCUT2D eigenvalue weighted by Gasteiger charge is 2.27. The Kier molecular flexibility index (Phi) is 9.20. The fourth-order valence-electron chi connectivity index (χ4n) is 2.29. The highest BCUT2D eigenvalue weighted by molar-refractivity contribution is 5.85. The lowest BCUT2D eigenvalue weighted by Crippen LogP contribution is -2.44. The summed E-state index contributed by atoms with van der Waals surface area (Å²) in [5.74, 6) is -0.0735. The third-order valence-corrected chi connectivity index (χ3v) is 3.48. The molecule has 1 atom stereocenters. The first kappa shape index (κ1) is 21.7. The van der Waals surface area contributed by atoms with Gasteiger partial charge in [0.15, 0.2) is 0 Å². The molecule has 142 valence electrons. The topological polar surface area (TPSA) is 59.6 Å². The molecule has 9 heteroatoms. The first-order chi connectivity index (χ1) is 11.4. The lowest BCUT2D eigenvalue weighted by atomic mass is 10.1. The van der Waals surface area contributed by atoms with Crippen molar-refractivity contribution in [1.82, 2.24) is 10.6 Å². The second-order valence-corrected chi connectivity index (χ2v) is 5.63. The van der Waals surface area contributed by atoms with Gasteiger partial charge in [0.25, 0.3) is 0 Å². The number of hydrogen-bond acceptors (Lipinski definition) is 4. The molecule has 0 radical (unpaired) electrons. The van der Waals surface area contributed by atoms with Crippen LogP contribution >= 0.6 is 12.4 Å². The van der Waals surface area contributed by atoms with Crippen molar-refractivity contribution in [3.8, 4) is 0 Å². The summed E-state index contributed by atoms with van der Waals surface area (Å²) in [7, 11) is 0. The van der Waals surface area contributed by atoms with Crippen molar-refractivity contribution in [2.45, 2.75) is 31.8 Å². The van der Waals surface area contributed by atoms with Crippen LogP contribution in [-0.4, -0.2) is 44.5 Å². The summed E-state index contributed by atoms with van der Waals surface area (Å²) in [4.78, 5) is 11.9. The predicted octanol–water partition coefficient (Wildman–Crippen LogP) is 2.18. The summed E-state index contributed by atoms with van der Waals surface area (Å²) >= 11 is 0. The Morgan fingerprint density at radius 3 is 2.56 bits per heavy atom. The van der Waals surface area contributed by atoms with Crippen LogP contribution in [0, 0.1) is 0 Å². The number of morpholine rings is 1. The van der Waals surface area contributed by atoms with Gasteiger partial charge in [-0.15, -0.1) is 12.4 Å². The van der Waals surface area contributed by atoms with E-state index in [1.165, 1.54) is 0 Å². The Bertz CT molecular complexity index is 520. The van der Waals surface area contributed by atoms with Crippen molar-refractivity contribution >= 4 is 18.3 Å². The number of halogens is 4. The minimum atomic E-state index is -4.32. The predicted molar refractivity (Wildman–Crippen MR) is 88.5 cm³/mol. The van der Waals surface area contributed by atoms with Gasteiger partial charge in [-0.05, 0) is 11.1 Å². The Morgan fingerprint density at radius 2 is 1.96 bits per heavy atom. The molecule has 5 nitrogen and oxygen atoms in total. The standard InChI is InChI=1S/C16H21F3N2O3.ClH/c17-16(18,19)11-24-9-13-3-1-12(2-4-13)8-21-15(22)7-14-10-23-6-5-20-14;/h1-4,14,20H,5-11H2,(H,21,22);1H. The number of nitrogens with one attached hydrogen (secondary N) is 2. The van der Waals surface area contributed by atoms with Crippen LogP contribution in [0.4, 0.5) is 13.2 Å². The van der Waals surface area contributed by atoms with Gasteiger partial charge in [-0.1, -0.05) is 24.3 Å². The van der Waals surface area contributed by atoms with Crippen LogP contribution in [0.25, 0.3) is 0 Å². The smallest absolute Gasteiger partial charge is 0.378 e. The number of alkyl halides is 3. The monoisotopic (exact) mass is 382 g/mol. The molecule has 1 aliphatic heterocycles. The molecule has 1 aromatic carbocycles. The average Bonchev–Trinajstić information content (AvgIpc) is 2.54. The molecule has 1 heterocycles. The maximum Gasteiger partial charge on any atom is 0.411 e. The molecular formula is C16H22ClF3N2O3. The third-order valence-electron chi connectivity index (χ3n) is 3.48. The van der Waals surface area contributed by atoms with Gasteiger partial charge in [0.2, 0.25) is 5.91 Å². The molecule has 0 bridgehead atoms. The van der Waals surface area contributed by atoms with Crippen LogP contribution in [0.15, 0.2) is 24.3 Å². The number of hydrogen-bond donors (Lipinski definition) is 2. The van der Waals surface area contributed by atoms with Crippen molar-refractivity contribution in [2.24, 2.45) is 0 Å². The Hall–Kier alpha value is -1.35. The molecule has 25 heavy (non-hydrogen) atoms. The number of ether oxygens (including phenoxy) is 2. The maximum atomic E-state index is 12.0. The van der Waals surface area contributed by atoms with Crippen LogP contribution in [0.5, 0.6) is 0 Å². The number of rotatable bonds is 7. The van der Waals surface area contributed by atoms with Crippen molar-refractivity contribution in [1.29, 1.82) is 0 Å². The van der Waals surface area contributed by atoms with Gasteiger partial charge in [-0.3, -0.25) is 4.79 Å². The van der Waals surface area contributed by atoms with E-state index >= 15 is 0 Å². The van der Waals surface area contributed by atoms with Crippen LogP contribution in [-0.2, 0) is 27.4 Å². The normalized spacial score (nSPS) is 17.6. The van der Waals surface area contributed by atoms with Crippen molar-refractivity contribution in [3.63, 3.8) is 0 Å². The van der Waals surface area contributed by atoms with Gasteiger partial charge >= 0.3 is 6.18 Å². The van der Waals surface area contributed by atoms with Crippen molar-refractivity contribution < 1.29 is 27.4 Å². The zero-order valence-corrected chi connectivity index (χ0v) is 14.4. The van der Waals surface area contributed by atoms with Gasteiger partial charge in [0.1, 0.15) is 6.61 Å². The summed E-state index contributed by atoms with van der Waals surface area (Å²) in [6.07, 6.45) is -3.97. The van der Waals surface area contributed by atoms with E-state index in [0.717, 1.165) is 12.1 Å². The van der Waals surface area contributed by atoms with E-state index in [4.69, 9.17) is 4.74 Å².